The second kappa shape index (κ2) is 7.26. The van der Waals surface area contributed by atoms with Crippen LogP contribution in [0.5, 0.6) is 5.75 Å². The van der Waals surface area contributed by atoms with E-state index in [4.69, 9.17) is 5.73 Å². The summed E-state index contributed by atoms with van der Waals surface area (Å²) in [5.41, 5.74) is 2.22. The first kappa shape index (κ1) is 22.3. The summed E-state index contributed by atoms with van der Waals surface area (Å²) in [6.45, 7) is 1.71. The fourth-order valence-corrected chi connectivity index (χ4v) is 6.49. The Morgan fingerprint density at radius 1 is 1.18 bits per heavy atom. The van der Waals surface area contributed by atoms with Gasteiger partial charge in [0.05, 0.1) is 11.7 Å². The van der Waals surface area contributed by atoms with Gasteiger partial charge in [0.2, 0.25) is 5.78 Å². The molecule has 3 aliphatic rings. The summed E-state index contributed by atoms with van der Waals surface area (Å²) >= 11 is 1.43. The second-order valence-electron chi connectivity index (χ2n) is 8.88. The quantitative estimate of drug-likeness (QED) is 0.349. The van der Waals surface area contributed by atoms with Crippen molar-refractivity contribution in [3.05, 3.63) is 57.7 Å². The van der Waals surface area contributed by atoms with Gasteiger partial charge in [0.15, 0.2) is 11.4 Å². The van der Waals surface area contributed by atoms with E-state index >= 15 is 0 Å². The van der Waals surface area contributed by atoms with Gasteiger partial charge in [0, 0.05) is 28.7 Å². The molecule has 0 bridgehead atoms. The Hall–Kier alpha value is -3.47. The van der Waals surface area contributed by atoms with Crippen LogP contribution in [0.2, 0.25) is 0 Å². The van der Waals surface area contributed by atoms with E-state index in [1.54, 1.807) is 13.0 Å². The Morgan fingerprint density at radius 3 is 2.50 bits per heavy atom. The molecule has 1 amide bonds. The number of Topliss-reactive ketones (excluding diaryl/α,β-unsaturated/α-hetero) is 2. The van der Waals surface area contributed by atoms with Gasteiger partial charge < -0.3 is 31.3 Å². The molecule has 1 saturated carbocycles. The van der Waals surface area contributed by atoms with Gasteiger partial charge in [0.1, 0.15) is 22.8 Å². The van der Waals surface area contributed by atoms with E-state index in [1.807, 2.05) is 17.5 Å². The van der Waals surface area contributed by atoms with Crippen molar-refractivity contribution in [2.75, 3.05) is 0 Å². The molecule has 1 aromatic carbocycles. The summed E-state index contributed by atoms with van der Waals surface area (Å²) in [6, 6.07) is 6.75. The van der Waals surface area contributed by atoms with E-state index < -0.39 is 76.0 Å². The van der Waals surface area contributed by atoms with Crippen LogP contribution in [0.1, 0.15) is 30.4 Å². The second-order valence-corrected chi connectivity index (χ2v) is 9.83. The maximum absolute atomic E-state index is 13.6. The number of carbonyl (C=O) groups excluding carboxylic acids is 3. The fourth-order valence-electron chi connectivity index (χ4n) is 5.73. The summed E-state index contributed by atoms with van der Waals surface area (Å²) in [7, 11) is 0. The van der Waals surface area contributed by atoms with E-state index in [0.717, 1.165) is 4.88 Å². The lowest BCUT2D eigenvalue weighted by molar-refractivity contribution is -0.160. The normalized spacial score (nSPS) is 30.7. The molecule has 34 heavy (non-hydrogen) atoms. The zero-order chi connectivity index (χ0) is 24.7. The number of amides is 1. The predicted molar refractivity (Wildman–Crippen MR) is 121 cm³/mol. The summed E-state index contributed by atoms with van der Waals surface area (Å²) < 4.78 is 0. The van der Waals surface area contributed by atoms with Crippen LogP contribution in [0.4, 0.5) is 0 Å². The first-order valence-corrected chi connectivity index (χ1v) is 11.4. The highest BCUT2D eigenvalue weighted by molar-refractivity contribution is 7.13. The molecule has 7 N–H and O–H groups in total. The predicted octanol–water partition coefficient (Wildman–Crippen LogP) is 1.68. The van der Waals surface area contributed by atoms with Crippen molar-refractivity contribution in [3.8, 4) is 16.2 Å². The van der Waals surface area contributed by atoms with Crippen LogP contribution in [0.15, 0.2) is 46.6 Å². The van der Waals surface area contributed by atoms with Gasteiger partial charge in [-0.25, -0.2) is 0 Å². The topological polar surface area (TPSA) is 178 Å². The molecule has 5 atom stereocenters. The van der Waals surface area contributed by atoms with Crippen molar-refractivity contribution >= 4 is 34.6 Å². The molecule has 5 rings (SSSR count). The van der Waals surface area contributed by atoms with Gasteiger partial charge in [-0.15, -0.1) is 11.3 Å². The third-order valence-corrected chi connectivity index (χ3v) is 8.17. The maximum atomic E-state index is 13.6. The highest BCUT2D eigenvalue weighted by Gasteiger charge is 2.65. The van der Waals surface area contributed by atoms with Crippen LogP contribution in [0, 0.1) is 11.8 Å². The molecular formula is C24H21NO8S. The number of hydrogen-bond donors (Lipinski definition) is 6. The molecular weight excluding hydrogens is 462 g/mol. The van der Waals surface area contributed by atoms with E-state index in [2.05, 4.69) is 0 Å². The first-order valence-electron chi connectivity index (χ1n) is 10.6. The minimum absolute atomic E-state index is 0.0160. The number of thiophene rings is 1. The molecule has 2 aromatic rings. The van der Waals surface area contributed by atoms with Crippen LogP contribution in [0.3, 0.4) is 0 Å². The molecule has 176 valence electrons. The fraction of sp³-hybridized carbons (Fsp3) is 0.292. The standard InChI is InChI=1S/C24H21NO8S/c1-8-14-9(13-3-2-6-34-13)4-5-11(26)16(14)20(29)18-15(8)19(28)10-7-12(27)17(23(25)32)21(30)24(10,33)22(18)31/h2-6,8,10,15,19,26,28-30,33H,7H2,1H3,(H2,25,32). The summed E-state index contributed by atoms with van der Waals surface area (Å²) in [4.78, 5) is 38.7. The third-order valence-electron chi connectivity index (χ3n) is 7.27. The molecule has 10 heteroatoms. The minimum atomic E-state index is -2.84. The number of rotatable bonds is 2. The Bertz CT molecular complexity index is 1340. The summed E-state index contributed by atoms with van der Waals surface area (Å²) in [5, 5.41) is 57.0. The minimum Gasteiger partial charge on any atom is -0.508 e. The van der Waals surface area contributed by atoms with Gasteiger partial charge in [-0.3, -0.25) is 14.4 Å². The first-order chi connectivity index (χ1) is 16.0. The van der Waals surface area contributed by atoms with Gasteiger partial charge in [-0.05, 0) is 40.6 Å². The van der Waals surface area contributed by atoms with E-state index in [1.165, 1.54) is 17.4 Å². The Balaban J connectivity index is 1.80. The number of phenolic OH excluding ortho intramolecular Hbond substituents is 1. The number of nitrogens with two attached hydrogens (primary N) is 1. The molecule has 9 nitrogen and oxygen atoms in total. The van der Waals surface area contributed by atoms with Crippen molar-refractivity contribution < 1.29 is 39.9 Å². The molecule has 0 radical (unpaired) electrons. The number of aliphatic hydroxyl groups excluding tert-OH is 3. The lowest BCUT2D eigenvalue weighted by atomic mass is 9.55. The van der Waals surface area contributed by atoms with Crippen molar-refractivity contribution in [3.63, 3.8) is 0 Å². The molecule has 1 heterocycles. The Morgan fingerprint density at radius 2 is 1.88 bits per heavy atom. The van der Waals surface area contributed by atoms with Crippen LogP contribution in [-0.4, -0.2) is 54.7 Å². The smallest absolute Gasteiger partial charge is 0.255 e. The van der Waals surface area contributed by atoms with Crippen LogP contribution >= 0.6 is 11.3 Å². The Kier molecular flexibility index (Phi) is 4.77. The van der Waals surface area contributed by atoms with Gasteiger partial charge in [-0.2, -0.15) is 0 Å². The van der Waals surface area contributed by atoms with Gasteiger partial charge in [0.25, 0.3) is 5.91 Å². The van der Waals surface area contributed by atoms with Crippen LogP contribution < -0.4 is 5.73 Å². The molecule has 1 aromatic heterocycles. The number of ketones is 2. The van der Waals surface area contributed by atoms with Crippen LogP contribution in [-0.2, 0) is 14.4 Å². The van der Waals surface area contributed by atoms with Crippen molar-refractivity contribution in [2.24, 2.45) is 17.6 Å². The molecule has 0 spiro atoms. The number of primary amides is 1. The average molecular weight is 483 g/mol. The number of carbonyl (C=O) groups is 3. The number of benzene rings is 1. The van der Waals surface area contributed by atoms with Crippen molar-refractivity contribution in [2.45, 2.75) is 31.0 Å². The van der Waals surface area contributed by atoms with Crippen LogP contribution in [0.25, 0.3) is 16.2 Å². The Labute approximate surface area is 197 Å². The maximum Gasteiger partial charge on any atom is 0.255 e. The van der Waals surface area contributed by atoms with E-state index in [9.17, 15) is 39.9 Å². The number of hydrogen-bond acceptors (Lipinski definition) is 9. The third kappa shape index (κ3) is 2.64. The van der Waals surface area contributed by atoms with Crippen molar-refractivity contribution in [1.29, 1.82) is 0 Å². The number of aliphatic hydroxyl groups is 4. The van der Waals surface area contributed by atoms with Crippen molar-refractivity contribution in [1.82, 2.24) is 0 Å². The molecule has 0 saturated heterocycles. The highest BCUT2D eigenvalue weighted by Crippen LogP contribution is 2.57. The highest BCUT2D eigenvalue weighted by atomic mass is 32.1. The lowest BCUT2D eigenvalue weighted by Crippen LogP contribution is -2.63. The molecule has 1 fully saturated rings. The SMILES string of the molecule is CC1c2c(-c3cccs3)ccc(O)c2C(O)=C2C(=O)C3(O)C(O)=C(C(N)=O)C(=O)CC3C(O)C21. The molecule has 3 aliphatic carbocycles. The molecule has 5 unspecified atom stereocenters. The van der Waals surface area contributed by atoms with Gasteiger partial charge >= 0.3 is 0 Å². The number of aromatic hydroxyl groups is 1. The van der Waals surface area contributed by atoms with E-state index in [-0.39, 0.29) is 11.3 Å². The number of fused-ring (bicyclic) bond motifs is 3. The van der Waals surface area contributed by atoms with E-state index in [0.29, 0.717) is 11.1 Å². The monoisotopic (exact) mass is 483 g/mol. The number of phenols is 1. The zero-order valence-electron chi connectivity index (χ0n) is 17.8. The lowest BCUT2D eigenvalue weighted by Gasteiger charge is -2.50. The zero-order valence-corrected chi connectivity index (χ0v) is 18.7. The summed E-state index contributed by atoms with van der Waals surface area (Å²) in [6.07, 6.45) is -2.16. The average Bonchev–Trinajstić information content (AvgIpc) is 3.31. The largest absolute Gasteiger partial charge is 0.508 e. The van der Waals surface area contributed by atoms with Gasteiger partial charge in [-0.1, -0.05) is 13.0 Å². The summed E-state index contributed by atoms with van der Waals surface area (Å²) in [5.74, 6) is -8.72. The molecule has 0 aliphatic heterocycles.